The molecule has 2 aromatic carbocycles. The fourth-order valence-corrected chi connectivity index (χ4v) is 3.28. The van der Waals surface area contributed by atoms with E-state index >= 15 is 0 Å². The molecule has 2 amide bonds. The Labute approximate surface area is 161 Å². The normalized spacial score (nSPS) is 16.7. The van der Waals surface area contributed by atoms with Crippen molar-refractivity contribution < 1.29 is 14.3 Å². The van der Waals surface area contributed by atoms with Gasteiger partial charge in [-0.3, -0.25) is 9.59 Å². The van der Waals surface area contributed by atoms with Crippen molar-refractivity contribution in [1.29, 1.82) is 0 Å². The molecule has 1 saturated heterocycles. The number of hydrogen-bond acceptors (Lipinski definition) is 3. The second-order valence-electron chi connectivity index (χ2n) is 5.92. The first-order valence-electron chi connectivity index (χ1n) is 8.27. The van der Waals surface area contributed by atoms with E-state index in [4.69, 9.17) is 27.9 Å². The lowest BCUT2D eigenvalue weighted by Gasteiger charge is -2.18. The number of nitrogens with one attached hydrogen (secondary N) is 1. The Bertz CT molecular complexity index is 841. The number of halogens is 2. The number of nitrogens with zero attached hydrogens (tertiary/aromatic N) is 1. The first-order valence-corrected chi connectivity index (χ1v) is 9.03. The average molecular weight is 393 g/mol. The fourth-order valence-electron chi connectivity index (χ4n) is 2.89. The van der Waals surface area contributed by atoms with Crippen LogP contribution in [0.2, 0.25) is 10.0 Å². The molecule has 0 unspecified atom stereocenters. The second kappa shape index (κ2) is 7.98. The molecule has 1 fully saturated rings. The van der Waals surface area contributed by atoms with Crippen molar-refractivity contribution in [3.05, 3.63) is 52.5 Å². The number of benzene rings is 2. The van der Waals surface area contributed by atoms with E-state index in [1.54, 1.807) is 30.3 Å². The van der Waals surface area contributed by atoms with Crippen LogP contribution < -0.4 is 15.0 Å². The molecule has 136 valence electrons. The standard InChI is InChI=1S/C19H18Cl2N2O3/c1-2-26-17-6-4-3-5-15(17)22-19(25)12-9-18(24)23(11-12)16-10-13(20)7-8-14(16)21/h3-8,10,12H,2,9,11H2,1H3,(H,22,25)/t12-/m0/s1. The highest BCUT2D eigenvalue weighted by atomic mass is 35.5. The molecule has 0 spiro atoms. The van der Waals surface area contributed by atoms with Crippen LogP contribution in [0, 0.1) is 5.92 Å². The number of rotatable bonds is 5. The monoisotopic (exact) mass is 392 g/mol. The number of ether oxygens (including phenoxy) is 1. The molecule has 0 aliphatic carbocycles. The number of amides is 2. The van der Waals surface area contributed by atoms with Crippen molar-refractivity contribution in [2.45, 2.75) is 13.3 Å². The molecule has 0 saturated carbocycles. The molecule has 2 aromatic rings. The zero-order valence-electron chi connectivity index (χ0n) is 14.2. The summed E-state index contributed by atoms with van der Waals surface area (Å²) in [6.45, 7) is 2.62. The first-order chi connectivity index (χ1) is 12.5. The predicted octanol–water partition coefficient (Wildman–Crippen LogP) is 4.38. The first kappa shape index (κ1) is 18.5. The van der Waals surface area contributed by atoms with E-state index in [-0.39, 0.29) is 24.8 Å². The van der Waals surface area contributed by atoms with Gasteiger partial charge in [0.1, 0.15) is 5.75 Å². The summed E-state index contributed by atoms with van der Waals surface area (Å²) in [5, 5.41) is 3.76. The number of para-hydroxylation sites is 2. The molecular weight excluding hydrogens is 375 g/mol. The lowest BCUT2D eigenvalue weighted by molar-refractivity contribution is -0.122. The van der Waals surface area contributed by atoms with Gasteiger partial charge in [0, 0.05) is 18.0 Å². The van der Waals surface area contributed by atoms with Gasteiger partial charge in [-0.1, -0.05) is 35.3 Å². The summed E-state index contributed by atoms with van der Waals surface area (Å²) in [6.07, 6.45) is 0.117. The number of anilines is 2. The summed E-state index contributed by atoms with van der Waals surface area (Å²) in [5.41, 5.74) is 1.11. The van der Waals surface area contributed by atoms with Crippen LogP contribution in [0.15, 0.2) is 42.5 Å². The van der Waals surface area contributed by atoms with E-state index in [2.05, 4.69) is 5.32 Å². The third-order valence-corrected chi connectivity index (χ3v) is 4.69. The summed E-state index contributed by atoms with van der Waals surface area (Å²) in [4.78, 5) is 26.5. The number of hydrogen-bond donors (Lipinski definition) is 1. The van der Waals surface area contributed by atoms with Crippen LogP contribution >= 0.6 is 23.2 Å². The molecule has 1 N–H and O–H groups in total. The Balaban J connectivity index is 1.74. The highest BCUT2D eigenvalue weighted by molar-refractivity contribution is 6.36. The second-order valence-corrected chi connectivity index (χ2v) is 6.76. The van der Waals surface area contributed by atoms with E-state index in [1.165, 1.54) is 4.90 Å². The van der Waals surface area contributed by atoms with Gasteiger partial charge in [-0.2, -0.15) is 0 Å². The fraction of sp³-hybridized carbons (Fsp3) is 0.263. The lowest BCUT2D eigenvalue weighted by Crippen LogP contribution is -2.28. The third kappa shape index (κ3) is 3.94. The zero-order valence-corrected chi connectivity index (χ0v) is 15.7. The van der Waals surface area contributed by atoms with Crippen LogP contribution in [0.1, 0.15) is 13.3 Å². The summed E-state index contributed by atoms with van der Waals surface area (Å²) < 4.78 is 5.52. The van der Waals surface area contributed by atoms with Gasteiger partial charge in [-0.05, 0) is 37.3 Å². The maximum absolute atomic E-state index is 12.6. The van der Waals surface area contributed by atoms with E-state index < -0.39 is 5.92 Å². The molecule has 1 aliphatic rings. The molecule has 0 radical (unpaired) electrons. The maximum atomic E-state index is 12.6. The van der Waals surface area contributed by atoms with Crippen molar-refractivity contribution in [2.75, 3.05) is 23.4 Å². The molecule has 0 bridgehead atoms. The minimum Gasteiger partial charge on any atom is -0.492 e. The molecule has 5 nitrogen and oxygen atoms in total. The predicted molar refractivity (Wildman–Crippen MR) is 103 cm³/mol. The molecule has 0 aromatic heterocycles. The quantitative estimate of drug-likeness (QED) is 0.820. The van der Waals surface area contributed by atoms with Gasteiger partial charge in [0.2, 0.25) is 11.8 Å². The molecule has 1 atom stereocenters. The summed E-state index contributed by atoms with van der Waals surface area (Å²) in [5.74, 6) is -0.270. The van der Waals surface area contributed by atoms with Crippen molar-refractivity contribution in [2.24, 2.45) is 5.92 Å². The molecule has 1 heterocycles. The van der Waals surface area contributed by atoms with Crippen molar-refractivity contribution in [3.63, 3.8) is 0 Å². The largest absolute Gasteiger partial charge is 0.492 e. The highest BCUT2D eigenvalue weighted by Crippen LogP contribution is 2.34. The Morgan fingerprint density at radius 3 is 2.81 bits per heavy atom. The van der Waals surface area contributed by atoms with Gasteiger partial charge in [-0.25, -0.2) is 0 Å². The highest BCUT2D eigenvalue weighted by Gasteiger charge is 2.36. The van der Waals surface area contributed by atoms with Crippen LogP contribution in [0.5, 0.6) is 5.75 Å². The Kier molecular flexibility index (Phi) is 5.69. The zero-order chi connectivity index (χ0) is 18.7. The van der Waals surface area contributed by atoms with Crippen molar-refractivity contribution >= 4 is 46.4 Å². The van der Waals surface area contributed by atoms with Crippen molar-refractivity contribution in [1.82, 2.24) is 0 Å². The molecule has 3 rings (SSSR count). The Morgan fingerprint density at radius 2 is 2.04 bits per heavy atom. The molecule has 26 heavy (non-hydrogen) atoms. The van der Waals surface area contributed by atoms with Crippen LogP contribution in [-0.2, 0) is 9.59 Å². The van der Waals surface area contributed by atoms with Crippen molar-refractivity contribution in [3.8, 4) is 5.75 Å². The Morgan fingerprint density at radius 1 is 1.27 bits per heavy atom. The molecule has 1 aliphatic heterocycles. The van der Waals surface area contributed by atoms with Crippen LogP contribution in [-0.4, -0.2) is 25.0 Å². The molecular formula is C19H18Cl2N2O3. The topological polar surface area (TPSA) is 58.6 Å². The van der Waals surface area contributed by atoms with Gasteiger partial charge in [0.25, 0.3) is 0 Å². The maximum Gasteiger partial charge on any atom is 0.229 e. The van der Waals surface area contributed by atoms with Gasteiger partial charge in [0.15, 0.2) is 0 Å². The minimum atomic E-state index is -0.479. The average Bonchev–Trinajstić information content (AvgIpc) is 3.01. The van der Waals surface area contributed by atoms with Crippen LogP contribution in [0.3, 0.4) is 0 Å². The number of carbonyl (C=O) groups excluding carboxylic acids is 2. The summed E-state index contributed by atoms with van der Waals surface area (Å²) in [6, 6.07) is 12.1. The van der Waals surface area contributed by atoms with Gasteiger partial charge in [0.05, 0.1) is 28.9 Å². The lowest BCUT2D eigenvalue weighted by atomic mass is 10.1. The Hall–Kier alpha value is -2.24. The SMILES string of the molecule is CCOc1ccccc1NC(=O)[C@H]1CC(=O)N(c2cc(Cl)ccc2Cl)C1. The minimum absolute atomic E-state index is 0.117. The van der Waals surface area contributed by atoms with Crippen LogP contribution in [0.25, 0.3) is 0 Å². The molecule has 7 heteroatoms. The van der Waals surface area contributed by atoms with Crippen LogP contribution in [0.4, 0.5) is 11.4 Å². The third-order valence-electron chi connectivity index (χ3n) is 4.14. The summed E-state index contributed by atoms with van der Waals surface area (Å²) in [7, 11) is 0. The van der Waals surface area contributed by atoms with E-state index in [9.17, 15) is 9.59 Å². The van der Waals surface area contributed by atoms with E-state index in [1.807, 2.05) is 19.1 Å². The van der Waals surface area contributed by atoms with Gasteiger partial charge >= 0.3 is 0 Å². The van der Waals surface area contributed by atoms with E-state index in [0.717, 1.165) is 0 Å². The number of carbonyl (C=O) groups is 2. The van der Waals surface area contributed by atoms with Gasteiger partial charge < -0.3 is 15.0 Å². The summed E-state index contributed by atoms with van der Waals surface area (Å²) >= 11 is 12.2. The van der Waals surface area contributed by atoms with E-state index in [0.29, 0.717) is 33.8 Å². The van der Waals surface area contributed by atoms with Gasteiger partial charge in [-0.15, -0.1) is 0 Å². The smallest absolute Gasteiger partial charge is 0.229 e.